The van der Waals surface area contributed by atoms with E-state index in [1.165, 1.54) is 31.4 Å². The van der Waals surface area contributed by atoms with E-state index in [0.717, 1.165) is 11.1 Å². The highest BCUT2D eigenvalue weighted by atomic mass is 16.4. The van der Waals surface area contributed by atoms with Gasteiger partial charge in [-0.3, -0.25) is 0 Å². The molecule has 1 aromatic rings. The second kappa shape index (κ2) is 20.3. The highest BCUT2D eigenvalue weighted by Crippen LogP contribution is 2.13. The summed E-state index contributed by atoms with van der Waals surface area (Å²) in [6, 6.07) is 7.45. The molecule has 0 saturated heterocycles. The summed E-state index contributed by atoms with van der Waals surface area (Å²) in [5.74, 6) is -1.44. The molecular weight excluding hydrogens is 350 g/mol. The zero-order chi connectivity index (χ0) is 22.5. The maximum absolute atomic E-state index is 11.0. The Kier molecular flexibility index (Phi) is 21.6. The highest BCUT2D eigenvalue weighted by molar-refractivity contribution is 5.90. The van der Waals surface area contributed by atoms with Crippen LogP contribution in [0.5, 0.6) is 0 Å². The number of allylic oxidation sites excluding steroid dienone is 2. The number of aliphatic carboxylic acids is 1. The van der Waals surface area contributed by atoms with E-state index in [9.17, 15) is 9.90 Å². The first-order valence-electron chi connectivity index (χ1n) is 9.53. The number of aryl methyl sites for hydroxylation is 1. The molecule has 4 nitrogen and oxygen atoms in total. The van der Waals surface area contributed by atoms with Crippen LogP contribution >= 0.6 is 0 Å². The molecule has 0 aliphatic rings. The normalized spacial score (nSPS) is 9.96. The standard InChI is InChI=1S/C15H15NO3.C5H12.C2H6.C2H2/c1-3-14(17)13(15(18)19)7-6-11-5-4-10(2)12(8-11)9-16;1-3-5-4-2;2*1-2/h3-5,7-8,17H,6H2,1-2H3,(H,18,19);3-5H2,1-2H3;1-2H3;1-2H/b13-7+,14-3+;;;. The van der Waals surface area contributed by atoms with Crippen LogP contribution in [0.2, 0.25) is 0 Å². The predicted molar refractivity (Wildman–Crippen MR) is 118 cm³/mol. The molecule has 0 atom stereocenters. The molecule has 0 aliphatic heterocycles. The molecule has 0 fully saturated rings. The summed E-state index contributed by atoms with van der Waals surface area (Å²) >= 11 is 0. The summed E-state index contributed by atoms with van der Waals surface area (Å²) in [5.41, 5.74) is 2.13. The van der Waals surface area contributed by atoms with Crippen molar-refractivity contribution < 1.29 is 15.0 Å². The third-order valence-electron chi connectivity index (χ3n) is 3.45. The smallest absolute Gasteiger partial charge is 0.339 e. The largest absolute Gasteiger partial charge is 0.507 e. The molecule has 1 aromatic carbocycles. The van der Waals surface area contributed by atoms with Crippen molar-refractivity contribution in [2.45, 2.75) is 67.2 Å². The van der Waals surface area contributed by atoms with Gasteiger partial charge in [-0.2, -0.15) is 5.26 Å². The number of benzene rings is 1. The average Bonchev–Trinajstić information content (AvgIpc) is 2.72. The quantitative estimate of drug-likeness (QED) is 0.258. The number of carboxylic acids is 1. The number of aliphatic hydroxyl groups excluding tert-OH is 1. The van der Waals surface area contributed by atoms with Gasteiger partial charge in [-0.25, -0.2) is 4.79 Å². The number of carbonyl (C=O) groups is 1. The van der Waals surface area contributed by atoms with Crippen LogP contribution in [-0.4, -0.2) is 16.2 Å². The lowest BCUT2D eigenvalue weighted by Crippen LogP contribution is -2.04. The van der Waals surface area contributed by atoms with Gasteiger partial charge in [0.05, 0.1) is 17.2 Å². The molecular formula is C24H35NO3. The Balaban J connectivity index is -0.000000590. The first-order valence-corrected chi connectivity index (χ1v) is 9.53. The van der Waals surface area contributed by atoms with E-state index < -0.39 is 5.97 Å². The Morgan fingerprint density at radius 1 is 1.18 bits per heavy atom. The van der Waals surface area contributed by atoms with Gasteiger partial charge in [-0.1, -0.05) is 65.2 Å². The summed E-state index contributed by atoms with van der Waals surface area (Å²) in [6.45, 7) is 11.8. The zero-order valence-corrected chi connectivity index (χ0v) is 18.1. The van der Waals surface area contributed by atoms with Crippen LogP contribution in [0.3, 0.4) is 0 Å². The van der Waals surface area contributed by atoms with Crippen molar-refractivity contribution in [2.24, 2.45) is 0 Å². The van der Waals surface area contributed by atoms with Gasteiger partial charge >= 0.3 is 5.97 Å². The minimum Gasteiger partial charge on any atom is -0.507 e. The van der Waals surface area contributed by atoms with Crippen LogP contribution in [0.1, 0.15) is 70.6 Å². The van der Waals surface area contributed by atoms with Crippen molar-refractivity contribution in [1.29, 1.82) is 5.26 Å². The molecule has 1 rings (SSSR count). The molecule has 0 heterocycles. The van der Waals surface area contributed by atoms with Crippen molar-refractivity contribution in [3.63, 3.8) is 0 Å². The molecule has 0 amide bonds. The van der Waals surface area contributed by atoms with Crippen molar-refractivity contribution in [3.8, 4) is 18.9 Å². The molecule has 154 valence electrons. The average molecular weight is 386 g/mol. The van der Waals surface area contributed by atoms with Gasteiger partial charge in [0, 0.05) is 0 Å². The summed E-state index contributed by atoms with van der Waals surface area (Å²) in [6.07, 6.45) is 15.2. The summed E-state index contributed by atoms with van der Waals surface area (Å²) < 4.78 is 0. The Bertz CT molecular complexity index is 675. The fraction of sp³-hybridized carbons (Fsp3) is 0.417. The third kappa shape index (κ3) is 13.3. The Labute approximate surface area is 171 Å². The maximum Gasteiger partial charge on any atom is 0.339 e. The Hall–Kier alpha value is -2.98. The molecule has 0 aromatic heterocycles. The maximum atomic E-state index is 11.0. The zero-order valence-electron chi connectivity index (χ0n) is 18.1. The van der Waals surface area contributed by atoms with Crippen LogP contribution in [-0.2, 0) is 11.2 Å². The molecule has 0 radical (unpaired) electrons. The number of rotatable bonds is 6. The van der Waals surface area contributed by atoms with E-state index in [1.807, 2.05) is 32.9 Å². The molecule has 0 unspecified atom stereocenters. The number of nitrogens with zero attached hydrogens (tertiary/aromatic N) is 1. The number of aliphatic hydroxyl groups is 1. The Morgan fingerprint density at radius 3 is 2.07 bits per heavy atom. The van der Waals surface area contributed by atoms with E-state index in [2.05, 4.69) is 32.8 Å². The van der Waals surface area contributed by atoms with Gasteiger partial charge in [0.25, 0.3) is 0 Å². The molecule has 28 heavy (non-hydrogen) atoms. The lowest BCUT2D eigenvalue weighted by atomic mass is 10.0. The van der Waals surface area contributed by atoms with Crippen LogP contribution < -0.4 is 0 Å². The number of carboxylic acid groups (broad SMARTS) is 1. The first-order chi connectivity index (χ1) is 13.4. The number of hydrogen-bond acceptors (Lipinski definition) is 3. The predicted octanol–water partition coefficient (Wildman–Crippen LogP) is 6.35. The Morgan fingerprint density at radius 2 is 1.71 bits per heavy atom. The van der Waals surface area contributed by atoms with Crippen LogP contribution in [0.15, 0.2) is 41.7 Å². The summed E-state index contributed by atoms with van der Waals surface area (Å²) in [5, 5.41) is 27.4. The van der Waals surface area contributed by atoms with Crippen LogP contribution in [0.4, 0.5) is 0 Å². The second-order valence-electron chi connectivity index (χ2n) is 5.42. The SMILES string of the molecule is C#C.C/C=C(O)\C(=C/Cc1ccc(C)c(C#N)c1)C(=O)O.CC.CCCCC. The number of nitriles is 1. The van der Waals surface area contributed by atoms with Gasteiger partial charge in [-0.15, -0.1) is 12.8 Å². The van der Waals surface area contributed by atoms with Crippen molar-refractivity contribution in [1.82, 2.24) is 0 Å². The monoisotopic (exact) mass is 385 g/mol. The van der Waals surface area contributed by atoms with Crippen molar-refractivity contribution >= 4 is 5.97 Å². The van der Waals surface area contributed by atoms with Crippen molar-refractivity contribution in [2.75, 3.05) is 0 Å². The molecule has 2 N–H and O–H groups in total. The summed E-state index contributed by atoms with van der Waals surface area (Å²) in [7, 11) is 0. The highest BCUT2D eigenvalue weighted by Gasteiger charge is 2.11. The number of terminal acetylenes is 1. The minimum atomic E-state index is -1.18. The molecule has 0 bridgehead atoms. The van der Waals surface area contributed by atoms with Gasteiger partial charge in [0.15, 0.2) is 0 Å². The van der Waals surface area contributed by atoms with Gasteiger partial charge in [0.1, 0.15) is 5.76 Å². The van der Waals surface area contributed by atoms with Gasteiger partial charge < -0.3 is 10.2 Å². The lowest BCUT2D eigenvalue weighted by molar-refractivity contribution is -0.132. The van der Waals surface area contributed by atoms with E-state index >= 15 is 0 Å². The van der Waals surface area contributed by atoms with Crippen LogP contribution in [0, 0.1) is 31.1 Å². The fourth-order valence-corrected chi connectivity index (χ4v) is 1.95. The van der Waals surface area contributed by atoms with E-state index in [1.54, 1.807) is 13.0 Å². The lowest BCUT2D eigenvalue weighted by Gasteiger charge is -2.03. The van der Waals surface area contributed by atoms with E-state index in [-0.39, 0.29) is 11.3 Å². The summed E-state index contributed by atoms with van der Waals surface area (Å²) in [4.78, 5) is 11.0. The molecule has 0 aliphatic carbocycles. The van der Waals surface area contributed by atoms with Gasteiger partial charge in [0.2, 0.25) is 0 Å². The topological polar surface area (TPSA) is 81.3 Å². The number of unbranched alkanes of at least 4 members (excludes halogenated alkanes) is 2. The molecule has 4 heteroatoms. The van der Waals surface area contributed by atoms with Gasteiger partial charge in [-0.05, 0) is 43.5 Å². The third-order valence-corrected chi connectivity index (χ3v) is 3.45. The first kappa shape index (κ1) is 29.8. The van der Waals surface area contributed by atoms with E-state index in [0.29, 0.717) is 12.0 Å². The van der Waals surface area contributed by atoms with Crippen molar-refractivity contribution in [3.05, 3.63) is 58.4 Å². The fourth-order valence-electron chi connectivity index (χ4n) is 1.95. The van der Waals surface area contributed by atoms with Crippen LogP contribution in [0.25, 0.3) is 0 Å². The number of hydrogen-bond donors (Lipinski definition) is 2. The molecule has 0 spiro atoms. The van der Waals surface area contributed by atoms with E-state index in [4.69, 9.17) is 10.4 Å². The molecule has 0 saturated carbocycles. The second-order valence-corrected chi connectivity index (χ2v) is 5.42. The minimum absolute atomic E-state index is 0.137.